The van der Waals surface area contributed by atoms with E-state index in [1.165, 1.54) is 9.30 Å². The molecule has 28 heavy (non-hydrogen) atoms. The normalized spacial score (nSPS) is 14.5. The number of nitrogens with zero attached hydrogens (tertiary/aromatic N) is 1. The zero-order chi connectivity index (χ0) is 20.1. The van der Waals surface area contributed by atoms with Gasteiger partial charge >= 0.3 is 177 Å². The van der Waals surface area contributed by atoms with E-state index in [1.807, 2.05) is 91.0 Å². The fourth-order valence-electron chi connectivity index (χ4n) is 2.94. The summed E-state index contributed by atoms with van der Waals surface area (Å²) in [7, 11) is 3.24. The number of hydrogen-bond acceptors (Lipinski definition) is 3. The molecule has 3 rings (SSSR count). The van der Waals surface area contributed by atoms with Gasteiger partial charge in [0.15, 0.2) is 0 Å². The molecular weight excluding hydrogens is 481 g/mol. The molecule has 0 spiro atoms. The average Bonchev–Trinajstić information content (AvgIpc) is 2.72. The van der Waals surface area contributed by atoms with E-state index in [4.69, 9.17) is 15.4 Å². The Labute approximate surface area is 176 Å². The Morgan fingerprint density at radius 1 is 0.821 bits per heavy atom. The Morgan fingerprint density at radius 2 is 1.25 bits per heavy atom. The minimum absolute atomic E-state index is 0.558. The molecule has 7 heteroatoms. The van der Waals surface area contributed by atoms with E-state index in [0.717, 1.165) is 15.3 Å². The number of nitrogens with two attached hydrogens (primary N) is 1. The van der Waals surface area contributed by atoms with Crippen molar-refractivity contribution in [3.63, 3.8) is 0 Å². The molecular formula is C21H22ClN2O2RuS. The van der Waals surface area contributed by atoms with Crippen LogP contribution in [0.5, 0.6) is 0 Å². The van der Waals surface area contributed by atoms with Gasteiger partial charge in [-0.25, -0.2) is 0 Å². The van der Waals surface area contributed by atoms with Crippen LogP contribution in [0.25, 0.3) is 0 Å². The summed E-state index contributed by atoms with van der Waals surface area (Å²) >= 11 is -2.62. The third kappa shape index (κ3) is 4.88. The molecule has 0 amide bonds. The second-order valence-electron chi connectivity index (χ2n) is 6.27. The van der Waals surface area contributed by atoms with Crippen molar-refractivity contribution in [3.05, 3.63) is 102 Å². The maximum atomic E-state index is 12.9. The summed E-state index contributed by atoms with van der Waals surface area (Å²) in [5, 5.41) is 0. The van der Waals surface area contributed by atoms with Gasteiger partial charge in [-0.1, -0.05) is 0 Å². The topological polar surface area (TPSA) is 63.4 Å². The first-order valence-electron chi connectivity index (χ1n) is 8.63. The van der Waals surface area contributed by atoms with Gasteiger partial charge < -0.3 is 0 Å². The number of hydrogen-bond donors (Lipinski definition) is 1. The Hall–Kier alpha value is -1.56. The van der Waals surface area contributed by atoms with E-state index in [9.17, 15) is 8.42 Å². The average molecular weight is 503 g/mol. The second-order valence-corrected chi connectivity index (χ2v) is 13.0. The van der Waals surface area contributed by atoms with Crippen molar-refractivity contribution in [1.82, 2.24) is 3.05 Å². The van der Waals surface area contributed by atoms with Gasteiger partial charge in [-0.3, -0.25) is 0 Å². The van der Waals surface area contributed by atoms with Crippen LogP contribution in [-0.4, -0.2) is 17.7 Å². The number of sulfonamides is 1. The van der Waals surface area contributed by atoms with E-state index in [2.05, 4.69) is 0 Å². The molecule has 0 heterocycles. The van der Waals surface area contributed by atoms with E-state index in [1.54, 1.807) is 0 Å². The molecule has 2 unspecified atom stereocenters. The molecule has 2 N–H and O–H groups in total. The fourth-order valence-corrected chi connectivity index (χ4v) is 10.5. The predicted octanol–water partition coefficient (Wildman–Crippen LogP) is 3.70. The van der Waals surface area contributed by atoms with E-state index < -0.39 is 37.3 Å². The molecule has 0 aliphatic rings. The molecule has 3 aromatic carbocycles. The van der Waals surface area contributed by atoms with Crippen LogP contribution in [0.1, 0.15) is 23.2 Å². The maximum absolute atomic E-state index is 12.9. The van der Waals surface area contributed by atoms with Crippen molar-refractivity contribution >= 4 is 23.9 Å². The summed E-state index contributed by atoms with van der Waals surface area (Å²) in [6, 6.07) is 27.2. The van der Waals surface area contributed by atoms with Crippen LogP contribution in [-0.2, 0) is 25.2 Å². The molecule has 2 atom stereocenters. The zero-order valence-electron chi connectivity index (χ0n) is 15.3. The Balaban J connectivity index is 2.15. The van der Waals surface area contributed by atoms with Crippen LogP contribution in [0.3, 0.4) is 0 Å². The number of halogens is 1. The first-order valence-corrected chi connectivity index (χ1v) is 14.4. The molecule has 3 aromatic rings. The van der Waals surface area contributed by atoms with Gasteiger partial charge in [0.05, 0.1) is 0 Å². The zero-order valence-corrected chi connectivity index (χ0v) is 18.6. The minimum atomic E-state index is -3.63. The summed E-state index contributed by atoms with van der Waals surface area (Å²) in [5.41, 5.74) is 8.32. The van der Waals surface area contributed by atoms with Gasteiger partial charge in [-0.15, -0.1) is 0 Å². The Kier molecular flexibility index (Phi) is 7.02. The van der Waals surface area contributed by atoms with Crippen LogP contribution in [0.4, 0.5) is 0 Å². The van der Waals surface area contributed by atoms with Crippen molar-refractivity contribution in [2.75, 3.05) is 6.26 Å². The summed E-state index contributed by atoms with van der Waals surface area (Å²) in [5.74, 6) is 0. The third-order valence-electron chi connectivity index (χ3n) is 4.22. The molecule has 0 fully saturated rings. The molecule has 0 radical (unpaired) electrons. The molecule has 4 nitrogen and oxygen atoms in total. The van der Waals surface area contributed by atoms with Gasteiger partial charge in [0, 0.05) is 0 Å². The first kappa shape index (κ1) is 21.2. The third-order valence-corrected chi connectivity index (χ3v) is 12.2. The van der Waals surface area contributed by atoms with Gasteiger partial charge in [-0.05, 0) is 0 Å². The van der Waals surface area contributed by atoms with Crippen LogP contribution in [0.15, 0.2) is 91.0 Å². The van der Waals surface area contributed by atoms with Gasteiger partial charge in [0.25, 0.3) is 0 Å². The summed E-state index contributed by atoms with van der Waals surface area (Å²) < 4.78 is 28.1. The van der Waals surface area contributed by atoms with Crippen LogP contribution in [0.2, 0.25) is 0 Å². The molecule has 0 bridgehead atoms. The SMILES string of the molecule is CS(=O)(=O)[N](C(c1ccccc1)C(N)c1ccccc1)[Ru]([Cl])[c]1ccccc1. The number of rotatable bonds is 7. The molecule has 0 saturated heterocycles. The van der Waals surface area contributed by atoms with Crippen LogP contribution in [0, 0.1) is 0 Å². The Morgan fingerprint density at radius 3 is 1.71 bits per heavy atom. The van der Waals surface area contributed by atoms with Gasteiger partial charge in [-0.2, -0.15) is 0 Å². The van der Waals surface area contributed by atoms with Gasteiger partial charge in [0.1, 0.15) is 0 Å². The number of benzene rings is 3. The first-order chi connectivity index (χ1) is 13.4. The van der Waals surface area contributed by atoms with Crippen LogP contribution < -0.4 is 9.89 Å². The second kappa shape index (κ2) is 9.29. The predicted molar refractivity (Wildman–Crippen MR) is 111 cm³/mol. The monoisotopic (exact) mass is 503 g/mol. The quantitative estimate of drug-likeness (QED) is 0.501. The van der Waals surface area contributed by atoms with E-state index in [-0.39, 0.29) is 0 Å². The molecule has 0 saturated carbocycles. The molecule has 0 aliphatic carbocycles. The molecule has 0 aliphatic heterocycles. The Bertz CT molecular complexity index is 989. The van der Waals surface area contributed by atoms with Crippen LogP contribution >= 0.6 is 9.69 Å². The summed E-state index contributed by atoms with van der Waals surface area (Å²) in [4.78, 5) is 0. The van der Waals surface area contributed by atoms with E-state index >= 15 is 0 Å². The van der Waals surface area contributed by atoms with Crippen molar-refractivity contribution in [3.8, 4) is 0 Å². The molecule has 149 valence electrons. The summed E-state index contributed by atoms with van der Waals surface area (Å²) in [6.07, 6.45) is 1.20. The van der Waals surface area contributed by atoms with Crippen molar-refractivity contribution < 1.29 is 23.6 Å². The van der Waals surface area contributed by atoms with Crippen molar-refractivity contribution in [1.29, 1.82) is 0 Å². The van der Waals surface area contributed by atoms with Crippen molar-refractivity contribution in [2.24, 2.45) is 5.73 Å². The standard InChI is InChI=1S/C15H17N2O2S.C6H5.ClH.Ru/c1-20(18,19)17-15(13-10-6-3-7-11-13)14(16)12-8-4-2-5-9-12;1-2-4-6-5-3-1;;/h2-11,14-15H,16H2,1H3;1-5H;1H;/q-1;;;+2/p-1. The van der Waals surface area contributed by atoms with E-state index in [0.29, 0.717) is 0 Å². The molecule has 0 aromatic heterocycles. The summed E-state index contributed by atoms with van der Waals surface area (Å²) in [6.45, 7) is 0. The van der Waals surface area contributed by atoms with Gasteiger partial charge in [0.2, 0.25) is 0 Å². The fraction of sp³-hybridized carbons (Fsp3) is 0.143. The van der Waals surface area contributed by atoms with Crippen molar-refractivity contribution in [2.45, 2.75) is 12.1 Å².